The van der Waals surface area contributed by atoms with Crippen molar-refractivity contribution in [2.24, 2.45) is 10.9 Å². The topological polar surface area (TPSA) is 67.8 Å². The van der Waals surface area contributed by atoms with Crippen molar-refractivity contribution >= 4 is 5.84 Å². The number of rotatable bonds is 3. The van der Waals surface area contributed by atoms with E-state index < -0.39 is 6.61 Å². The molecule has 1 aromatic rings. The lowest BCUT2D eigenvalue weighted by molar-refractivity contribution is -0.0498. The fourth-order valence-corrected chi connectivity index (χ4v) is 0.889. The molecule has 0 aliphatic heterocycles. The van der Waals surface area contributed by atoms with E-state index in [1.165, 1.54) is 24.3 Å². The van der Waals surface area contributed by atoms with Gasteiger partial charge in [0.05, 0.1) is 0 Å². The normalized spacial score (nSPS) is 11.8. The van der Waals surface area contributed by atoms with Gasteiger partial charge in [-0.3, -0.25) is 0 Å². The van der Waals surface area contributed by atoms with Gasteiger partial charge in [-0.2, -0.15) is 8.78 Å². The predicted octanol–water partition coefficient (Wildman–Crippen LogP) is 1.38. The minimum absolute atomic E-state index is 0.0379. The molecule has 0 amide bonds. The smallest absolute Gasteiger partial charge is 0.387 e. The van der Waals surface area contributed by atoms with Gasteiger partial charge >= 0.3 is 6.61 Å². The van der Waals surface area contributed by atoms with Gasteiger partial charge in [0.2, 0.25) is 0 Å². The van der Waals surface area contributed by atoms with Gasteiger partial charge in [-0.25, -0.2) is 0 Å². The summed E-state index contributed by atoms with van der Waals surface area (Å²) in [5.41, 5.74) is 5.56. The quantitative estimate of drug-likeness (QED) is 0.337. The average molecular weight is 202 g/mol. The van der Waals surface area contributed by atoms with Gasteiger partial charge in [-0.15, -0.1) is 0 Å². The third-order valence-electron chi connectivity index (χ3n) is 1.46. The van der Waals surface area contributed by atoms with Crippen LogP contribution in [0.1, 0.15) is 5.56 Å². The molecule has 3 N–H and O–H groups in total. The molecule has 4 nitrogen and oxygen atoms in total. The monoisotopic (exact) mass is 202 g/mol. The van der Waals surface area contributed by atoms with Gasteiger partial charge in [0, 0.05) is 5.56 Å². The van der Waals surface area contributed by atoms with Crippen molar-refractivity contribution in [3.63, 3.8) is 0 Å². The average Bonchev–Trinajstić information content (AvgIpc) is 2.16. The molecule has 0 bridgehead atoms. The lowest BCUT2D eigenvalue weighted by atomic mass is 10.2. The Kier molecular flexibility index (Phi) is 3.22. The second kappa shape index (κ2) is 4.40. The van der Waals surface area contributed by atoms with E-state index in [-0.39, 0.29) is 11.6 Å². The molecule has 0 aliphatic rings. The second-order valence-corrected chi connectivity index (χ2v) is 2.39. The van der Waals surface area contributed by atoms with Crippen molar-refractivity contribution in [2.75, 3.05) is 0 Å². The summed E-state index contributed by atoms with van der Waals surface area (Å²) in [4.78, 5) is 0. The van der Waals surface area contributed by atoms with Crippen LogP contribution in [0.4, 0.5) is 8.78 Å². The van der Waals surface area contributed by atoms with E-state index in [1.807, 2.05) is 0 Å². The molecule has 0 saturated carbocycles. The Morgan fingerprint density at radius 3 is 2.79 bits per heavy atom. The molecule has 0 aromatic heterocycles. The highest BCUT2D eigenvalue weighted by Gasteiger charge is 2.06. The maximum absolute atomic E-state index is 11.8. The number of nitrogens with zero attached hydrogens (tertiary/aromatic N) is 1. The van der Waals surface area contributed by atoms with Crippen molar-refractivity contribution in [1.82, 2.24) is 0 Å². The summed E-state index contributed by atoms with van der Waals surface area (Å²) in [6.45, 7) is -2.89. The van der Waals surface area contributed by atoms with Gasteiger partial charge in [-0.05, 0) is 12.1 Å². The molecule has 0 radical (unpaired) electrons. The number of oxime groups is 1. The maximum Gasteiger partial charge on any atom is 0.387 e. The van der Waals surface area contributed by atoms with Crippen LogP contribution in [-0.2, 0) is 0 Å². The molecule has 0 saturated heterocycles. The third kappa shape index (κ3) is 2.58. The second-order valence-electron chi connectivity index (χ2n) is 2.39. The van der Waals surface area contributed by atoms with Crippen LogP contribution in [0.25, 0.3) is 0 Å². The molecule has 1 aromatic carbocycles. The molecule has 0 unspecified atom stereocenters. The minimum Gasteiger partial charge on any atom is -0.435 e. The Hall–Kier alpha value is -1.85. The van der Waals surface area contributed by atoms with E-state index in [1.54, 1.807) is 0 Å². The van der Waals surface area contributed by atoms with Gasteiger partial charge in [-0.1, -0.05) is 17.3 Å². The maximum atomic E-state index is 11.8. The SMILES string of the molecule is N/C(=N/O)c1cccc(OC(F)F)c1. The molecular weight excluding hydrogens is 194 g/mol. The highest BCUT2D eigenvalue weighted by molar-refractivity contribution is 5.97. The van der Waals surface area contributed by atoms with Crippen molar-refractivity contribution in [1.29, 1.82) is 0 Å². The number of amidine groups is 1. The molecular formula is C8H8F2N2O2. The molecule has 76 valence electrons. The highest BCUT2D eigenvalue weighted by atomic mass is 19.3. The Morgan fingerprint density at radius 1 is 1.50 bits per heavy atom. The number of ether oxygens (including phenoxy) is 1. The van der Waals surface area contributed by atoms with Crippen LogP contribution in [0, 0.1) is 0 Å². The molecule has 1 rings (SSSR count). The van der Waals surface area contributed by atoms with E-state index >= 15 is 0 Å². The van der Waals surface area contributed by atoms with Crippen LogP contribution in [0.5, 0.6) is 5.75 Å². The van der Waals surface area contributed by atoms with E-state index in [2.05, 4.69) is 9.89 Å². The van der Waals surface area contributed by atoms with Crippen molar-refractivity contribution in [3.8, 4) is 5.75 Å². The standard InChI is InChI=1S/C8H8F2N2O2/c9-8(10)14-6-3-1-2-5(4-6)7(11)12-13/h1-4,8,13H,(H2,11,12). The first-order valence-electron chi connectivity index (χ1n) is 3.66. The fraction of sp³-hybridized carbons (Fsp3) is 0.125. The summed E-state index contributed by atoms with van der Waals surface area (Å²) in [6, 6.07) is 5.57. The van der Waals surface area contributed by atoms with Gasteiger partial charge in [0.15, 0.2) is 5.84 Å². The molecule has 0 atom stereocenters. The van der Waals surface area contributed by atoms with Crippen LogP contribution >= 0.6 is 0 Å². The van der Waals surface area contributed by atoms with E-state index in [0.29, 0.717) is 5.56 Å². The van der Waals surface area contributed by atoms with Crippen LogP contribution in [-0.4, -0.2) is 17.7 Å². The summed E-state index contributed by atoms with van der Waals surface area (Å²) in [5.74, 6) is -0.200. The molecule has 0 heterocycles. The van der Waals surface area contributed by atoms with E-state index in [0.717, 1.165) is 0 Å². The molecule has 0 fully saturated rings. The summed E-state index contributed by atoms with van der Waals surface area (Å²) in [5, 5.41) is 11.1. The summed E-state index contributed by atoms with van der Waals surface area (Å²) in [6.07, 6.45) is 0. The van der Waals surface area contributed by atoms with Crippen LogP contribution in [0.15, 0.2) is 29.4 Å². The summed E-state index contributed by atoms with van der Waals surface area (Å²) in [7, 11) is 0. The number of nitrogens with two attached hydrogens (primary N) is 1. The largest absolute Gasteiger partial charge is 0.435 e. The molecule has 6 heteroatoms. The third-order valence-corrected chi connectivity index (χ3v) is 1.46. The van der Waals surface area contributed by atoms with Crippen molar-refractivity contribution in [3.05, 3.63) is 29.8 Å². The first-order chi connectivity index (χ1) is 6.63. The Morgan fingerprint density at radius 2 is 2.21 bits per heavy atom. The zero-order chi connectivity index (χ0) is 10.6. The number of benzene rings is 1. The fourth-order valence-electron chi connectivity index (χ4n) is 0.889. The number of halogens is 2. The van der Waals surface area contributed by atoms with Crippen molar-refractivity contribution in [2.45, 2.75) is 6.61 Å². The first-order valence-corrected chi connectivity index (χ1v) is 3.66. The minimum atomic E-state index is -2.89. The molecule has 0 spiro atoms. The Bertz CT molecular complexity index is 342. The summed E-state index contributed by atoms with van der Waals surface area (Å²) >= 11 is 0. The zero-order valence-corrected chi connectivity index (χ0v) is 7.02. The van der Waals surface area contributed by atoms with Gasteiger partial charge in [0.25, 0.3) is 0 Å². The van der Waals surface area contributed by atoms with Crippen LogP contribution in [0.3, 0.4) is 0 Å². The lowest BCUT2D eigenvalue weighted by Gasteiger charge is -2.05. The lowest BCUT2D eigenvalue weighted by Crippen LogP contribution is -2.13. The number of hydrogen-bond acceptors (Lipinski definition) is 3. The van der Waals surface area contributed by atoms with Gasteiger partial charge in [0.1, 0.15) is 5.75 Å². The number of hydrogen-bond donors (Lipinski definition) is 2. The predicted molar refractivity (Wildman–Crippen MR) is 45.6 cm³/mol. The molecule has 0 aliphatic carbocycles. The van der Waals surface area contributed by atoms with Crippen molar-refractivity contribution < 1.29 is 18.7 Å². The zero-order valence-electron chi connectivity index (χ0n) is 7.02. The van der Waals surface area contributed by atoms with Gasteiger partial charge < -0.3 is 15.7 Å². The number of alkyl halides is 2. The summed E-state index contributed by atoms with van der Waals surface area (Å²) < 4.78 is 27.7. The van der Waals surface area contributed by atoms with Crippen LogP contribution < -0.4 is 10.5 Å². The highest BCUT2D eigenvalue weighted by Crippen LogP contribution is 2.15. The Balaban J connectivity index is 2.90. The first kappa shape index (κ1) is 10.2. The molecule has 14 heavy (non-hydrogen) atoms. The van der Waals surface area contributed by atoms with Crippen LogP contribution in [0.2, 0.25) is 0 Å². The van der Waals surface area contributed by atoms with E-state index in [9.17, 15) is 8.78 Å². The Labute approximate surface area is 78.6 Å². The van der Waals surface area contributed by atoms with E-state index in [4.69, 9.17) is 10.9 Å².